The van der Waals surface area contributed by atoms with Crippen molar-refractivity contribution in [2.45, 2.75) is 52.1 Å². The molecule has 1 rings (SSSR count). The summed E-state index contributed by atoms with van der Waals surface area (Å²) in [4.78, 5) is 0. The Kier molecular flexibility index (Phi) is 6.20. The lowest BCUT2D eigenvalue weighted by molar-refractivity contribution is 0.0875. The Labute approximate surface area is 88.0 Å². The Morgan fingerprint density at radius 3 is 2.79 bits per heavy atom. The van der Waals surface area contributed by atoms with Crippen LogP contribution >= 0.6 is 0 Å². The van der Waals surface area contributed by atoms with Gasteiger partial charge in [0.05, 0.1) is 13.2 Å². The van der Waals surface area contributed by atoms with Crippen molar-refractivity contribution in [3.63, 3.8) is 0 Å². The van der Waals surface area contributed by atoms with Crippen molar-refractivity contribution >= 4 is 0 Å². The van der Waals surface area contributed by atoms with Crippen LogP contribution in [0.2, 0.25) is 0 Å². The summed E-state index contributed by atoms with van der Waals surface area (Å²) in [5.74, 6) is 0.714. The van der Waals surface area contributed by atoms with Gasteiger partial charge in [0.25, 0.3) is 0 Å². The molecule has 1 fully saturated rings. The second-order valence-electron chi connectivity index (χ2n) is 4.45. The van der Waals surface area contributed by atoms with E-state index >= 15 is 0 Å². The largest absolute Gasteiger partial charge is 0.378 e. The molecule has 1 aliphatic rings. The van der Waals surface area contributed by atoms with Gasteiger partial charge >= 0.3 is 0 Å². The molecule has 0 radical (unpaired) electrons. The van der Waals surface area contributed by atoms with E-state index in [-0.39, 0.29) is 0 Å². The van der Waals surface area contributed by atoms with Gasteiger partial charge in [-0.1, -0.05) is 39.5 Å². The summed E-state index contributed by atoms with van der Waals surface area (Å²) < 4.78 is 10.6. The molecule has 0 aromatic rings. The van der Waals surface area contributed by atoms with Gasteiger partial charge in [-0.2, -0.15) is 0 Å². The maximum absolute atomic E-state index is 5.55. The molecule has 0 spiro atoms. The molecular formula is C12H24O2. The number of epoxide rings is 1. The summed E-state index contributed by atoms with van der Waals surface area (Å²) in [6.45, 7) is 7.15. The minimum atomic E-state index is 0.419. The topological polar surface area (TPSA) is 21.8 Å². The van der Waals surface area contributed by atoms with E-state index in [1.54, 1.807) is 0 Å². The molecule has 0 N–H and O–H groups in total. The zero-order valence-corrected chi connectivity index (χ0v) is 9.63. The fourth-order valence-corrected chi connectivity index (χ4v) is 1.57. The molecule has 0 bridgehead atoms. The van der Waals surface area contributed by atoms with Crippen LogP contribution in [-0.4, -0.2) is 25.9 Å². The van der Waals surface area contributed by atoms with E-state index in [1.165, 1.54) is 32.1 Å². The predicted octanol–water partition coefficient (Wildman–Crippen LogP) is 3.01. The number of rotatable bonds is 9. The summed E-state index contributed by atoms with van der Waals surface area (Å²) in [7, 11) is 0. The van der Waals surface area contributed by atoms with Crippen molar-refractivity contribution in [2.24, 2.45) is 5.92 Å². The minimum Gasteiger partial charge on any atom is -0.378 e. The molecule has 0 aromatic heterocycles. The second-order valence-corrected chi connectivity index (χ2v) is 4.45. The van der Waals surface area contributed by atoms with E-state index in [9.17, 15) is 0 Å². The van der Waals surface area contributed by atoms with Crippen LogP contribution in [0.1, 0.15) is 46.0 Å². The minimum absolute atomic E-state index is 0.419. The third-order valence-electron chi connectivity index (χ3n) is 2.66. The van der Waals surface area contributed by atoms with Gasteiger partial charge in [-0.3, -0.25) is 0 Å². The van der Waals surface area contributed by atoms with Gasteiger partial charge in [0.15, 0.2) is 0 Å². The van der Waals surface area contributed by atoms with Crippen LogP contribution in [0.5, 0.6) is 0 Å². The van der Waals surface area contributed by atoms with Crippen molar-refractivity contribution in [3.8, 4) is 0 Å². The lowest BCUT2D eigenvalue weighted by Crippen LogP contribution is -2.09. The molecule has 2 unspecified atom stereocenters. The average Bonchev–Trinajstić information content (AvgIpc) is 2.96. The second kappa shape index (κ2) is 7.24. The first-order valence-corrected chi connectivity index (χ1v) is 6.02. The standard InChI is InChI=1S/C12H24O2/c1-3-4-5-6-7-11(2)8-13-9-12-10-14-12/h11-12H,3-10H2,1-2H3. The van der Waals surface area contributed by atoms with E-state index in [0.29, 0.717) is 12.0 Å². The van der Waals surface area contributed by atoms with Crippen LogP contribution in [-0.2, 0) is 9.47 Å². The Morgan fingerprint density at radius 2 is 2.14 bits per heavy atom. The van der Waals surface area contributed by atoms with Crippen molar-refractivity contribution in [1.29, 1.82) is 0 Å². The van der Waals surface area contributed by atoms with Gasteiger partial charge < -0.3 is 9.47 Å². The van der Waals surface area contributed by atoms with Crippen molar-refractivity contribution in [3.05, 3.63) is 0 Å². The molecular weight excluding hydrogens is 176 g/mol. The SMILES string of the molecule is CCCCCCC(C)COCC1CO1. The zero-order chi connectivity index (χ0) is 10.2. The van der Waals surface area contributed by atoms with Crippen LogP contribution in [0, 0.1) is 5.92 Å². The van der Waals surface area contributed by atoms with Gasteiger partial charge in [-0.15, -0.1) is 0 Å². The monoisotopic (exact) mass is 200 g/mol. The van der Waals surface area contributed by atoms with Crippen molar-refractivity contribution in [1.82, 2.24) is 0 Å². The van der Waals surface area contributed by atoms with E-state index in [0.717, 1.165) is 19.8 Å². The molecule has 0 aliphatic carbocycles. The predicted molar refractivity (Wildman–Crippen MR) is 58.5 cm³/mol. The number of hydrogen-bond donors (Lipinski definition) is 0. The van der Waals surface area contributed by atoms with Crippen LogP contribution in [0.3, 0.4) is 0 Å². The first-order chi connectivity index (χ1) is 6.83. The molecule has 14 heavy (non-hydrogen) atoms. The van der Waals surface area contributed by atoms with E-state index in [2.05, 4.69) is 13.8 Å². The van der Waals surface area contributed by atoms with Crippen LogP contribution in [0.15, 0.2) is 0 Å². The summed E-state index contributed by atoms with van der Waals surface area (Å²) >= 11 is 0. The Bertz CT molecular complexity index is 132. The van der Waals surface area contributed by atoms with Gasteiger partial charge in [0, 0.05) is 6.61 Å². The average molecular weight is 200 g/mol. The zero-order valence-electron chi connectivity index (χ0n) is 9.63. The first-order valence-electron chi connectivity index (χ1n) is 6.02. The first kappa shape index (κ1) is 12.0. The summed E-state index contributed by atoms with van der Waals surface area (Å²) in [6, 6.07) is 0. The maximum Gasteiger partial charge on any atom is 0.104 e. The molecule has 2 heteroatoms. The Morgan fingerprint density at radius 1 is 1.36 bits per heavy atom. The number of unbranched alkanes of at least 4 members (excludes halogenated alkanes) is 3. The normalized spacial score (nSPS) is 22.3. The van der Waals surface area contributed by atoms with Gasteiger partial charge in [-0.25, -0.2) is 0 Å². The van der Waals surface area contributed by atoms with Crippen molar-refractivity contribution < 1.29 is 9.47 Å². The van der Waals surface area contributed by atoms with Gasteiger partial charge in [-0.05, 0) is 12.3 Å². The molecule has 1 aliphatic heterocycles. The quantitative estimate of drug-likeness (QED) is 0.421. The van der Waals surface area contributed by atoms with E-state index < -0.39 is 0 Å². The van der Waals surface area contributed by atoms with Gasteiger partial charge in [0.2, 0.25) is 0 Å². The fourth-order valence-electron chi connectivity index (χ4n) is 1.57. The van der Waals surface area contributed by atoms with Crippen LogP contribution < -0.4 is 0 Å². The lowest BCUT2D eigenvalue weighted by atomic mass is 10.0. The lowest BCUT2D eigenvalue weighted by Gasteiger charge is -2.10. The Balaban J connectivity index is 1.79. The molecule has 2 nitrogen and oxygen atoms in total. The highest BCUT2D eigenvalue weighted by Crippen LogP contribution is 2.13. The number of ether oxygens (including phenoxy) is 2. The third kappa shape index (κ3) is 6.39. The third-order valence-corrected chi connectivity index (χ3v) is 2.66. The highest BCUT2D eigenvalue weighted by molar-refractivity contribution is 4.67. The molecule has 0 saturated carbocycles. The molecule has 84 valence electrons. The highest BCUT2D eigenvalue weighted by atomic mass is 16.6. The molecule has 0 amide bonds. The summed E-state index contributed by atoms with van der Waals surface area (Å²) in [6.07, 6.45) is 7.17. The Hall–Kier alpha value is -0.0800. The smallest absolute Gasteiger partial charge is 0.104 e. The molecule has 2 atom stereocenters. The molecule has 1 heterocycles. The molecule has 1 saturated heterocycles. The summed E-state index contributed by atoms with van der Waals surface area (Å²) in [5.41, 5.74) is 0. The maximum atomic E-state index is 5.55. The van der Waals surface area contributed by atoms with Crippen molar-refractivity contribution in [2.75, 3.05) is 19.8 Å². The summed E-state index contributed by atoms with van der Waals surface area (Å²) in [5, 5.41) is 0. The van der Waals surface area contributed by atoms with E-state index in [1.807, 2.05) is 0 Å². The molecule has 0 aromatic carbocycles. The van der Waals surface area contributed by atoms with Gasteiger partial charge in [0.1, 0.15) is 6.10 Å². The van der Waals surface area contributed by atoms with Crippen LogP contribution in [0.25, 0.3) is 0 Å². The van der Waals surface area contributed by atoms with E-state index in [4.69, 9.17) is 9.47 Å². The van der Waals surface area contributed by atoms with Crippen LogP contribution in [0.4, 0.5) is 0 Å². The number of hydrogen-bond acceptors (Lipinski definition) is 2. The fraction of sp³-hybridized carbons (Fsp3) is 1.00. The highest BCUT2D eigenvalue weighted by Gasteiger charge is 2.22.